The number of hydrogen-bond donors (Lipinski definition) is 1. The summed E-state index contributed by atoms with van der Waals surface area (Å²) in [5, 5.41) is 17.9. The molecule has 1 atom stereocenters. The van der Waals surface area contributed by atoms with Crippen LogP contribution in [0.5, 0.6) is 0 Å². The standard InChI is InChI=1S/C20H23N3O4S/c1-13(2)17(12-22-11-14(3)15-7-4-5-9-18(15)22)16-8-6-10-19(23(24)25)20(16)28(21,26)27/h4-11,13,17H,12H2,1-3H3,(H2,21,26,27)/t17-/m0/s1. The van der Waals surface area contributed by atoms with Gasteiger partial charge in [-0.2, -0.15) is 0 Å². The molecule has 1 heterocycles. The molecule has 0 saturated heterocycles. The Morgan fingerprint density at radius 2 is 1.82 bits per heavy atom. The van der Waals surface area contributed by atoms with Crippen molar-refractivity contribution in [3.63, 3.8) is 0 Å². The summed E-state index contributed by atoms with van der Waals surface area (Å²) in [7, 11) is -4.27. The number of rotatable bonds is 6. The third-order valence-electron chi connectivity index (χ3n) is 5.09. The zero-order valence-electron chi connectivity index (χ0n) is 16.0. The van der Waals surface area contributed by atoms with Crippen molar-refractivity contribution in [3.05, 3.63) is 69.9 Å². The van der Waals surface area contributed by atoms with Gasteiger partial charge in [-0.25, -0.2) is 13.6 Å². The van der Waals surface area contributed by atoms with Crippen molar-refractivity contribution in [2.75, 3.05) is 0 Å². The van der Waals surface area contributed by atoms with Crippen molar-refractivity contribution in [2.24, 2.45) is 11.1 Å². The van der Waals surface area contributed by atoms with Crippen molar-refractivity contribution >= 4 is 26.6 Å². The minimum Gasteiger partial charge on any atom is -0.347 e. The van der Waals surface area contributed by atoms with Crippen LogP contribution in [0.1, 0.15) is 30.9 Å². The number of nitrogens with zero attached hydrogens (tertiary/aromatic N) is 2. The molecule has 0 spiro atoms. The third-order valence-corrected chi connectivity index (χ3v) is 6.11. The number of aryl methyl sites for hydroxylation is 1. The zero-order valence-corrected chi connectivity index (χ0v) is 16.8. The molecule has 148 valence electrons. The average Bonchev–Trinajstić information content (AvgIpc) is 2.94. The van der Waals surface area contributed by atoms with Crippen LogP contribution < -0.4 is 5.14 Å². The van der Waals surface area contributed by atoms with Crippen LogP contribution in [-0.2, 0) is 16.6 Å². The van der Waals surface area contributed by atoms with Crippen molar-refractivity contribution < 1.29 is 13.3 Å². The number of primary sulfonamides is 1. The maximum atomic E-state index is 12.2. The van der Waals surface area contributed by atoms with Crippen molar-refractivity contribution in [3.8, 4) is 0 Å². The molecule has 7 nitrogen and oxygen atoms in total. The third kappa shape index (κ3) is 3.65. The highest BCUT2D eigenvalue weighted by molar-refractivity contribution is 7.89. The topological polar surface area (TPSA) is 108 Å². The summed E-state index contributed by atoms with van der Waals surface area (Å²) in [4.78, 5) is 10.3. The molecular weight excluding hydrogens is 378 g/mol. The highest BCUT2D eigenvalue weighted by Gasteiger charge is 2.31. The summed E-state index contributed by atoms with van der Waals surface area (Å²) in [6, 6.07) is 12.3. The summed E-state index contributed by atoms with van der Waals surface area (Å²) in [5.74, 6) is -0.243. The Bertz CT molecular complexity index is 1150. The van der Waals surface area contributed by atoms with Gasteiger partial charge in [0, 0.05) is 35.6 Å². The lowest BCUT2D eigenvalue weighted by molar-refractivity contribution is -0.388. The van der Waals surface area contributed by atoms with Crippen molar-refractivity contribution in [1.82, 2.24) is 4.57 Å². The molecule has 2 N–H and O–H groups in total. The van der Waals surface area contributed by atoms with Gasteiger partial charge in [-0.3, -0.25) is 10.1 Å². The first kappa shape index (κ1) is 20.0. The van der Waals surface area contributed by atoms with Gasteiger partial charge in [0.15, 0.2) is 4.90 Å². The number of nitro benzene ring substituents is 1. The maximum absolute atomic E-state index is 12.2. The van der Waals surface area contributed by atoms with E-state index in [1.54, 1.807) is 6.07 Å². The Hall–Kier alpha value is -2.71. The monoisotopic (exact) mass is 401 g/mol. The Labute approximate surface area is 164 Å². The quantitative estimate of drug-likeness (QED) is 0.498. The van der Waals surface area contributed by atoms with E-state index in [9.17, 15) is 18.5 Å². The van der Waals surface area contributed by atoms with Gasteiger partial charge in [0.2, 0.25) is 10.0 Å². The highest BCUT2D eigenvalue weighted by atomic mass is 32.2. The van der Waals surface area contributed by atoms with Gasteiger partial charge >= 0.3 is 0 Å². The molecule has 1 aromatic heterocycles. The Balaban J connectivity index is 2.19. The van der Waals surface area contributed by atoms with Gasteiger partial charge in [0.05, 0.1) is 4.92 Å². The molecule has 0 unspecified atom stereocenters. The predicted molar refractivity (Wildman–Crippen MR) is 109 cm³/mol. The molecule has 0 amide bonds. The van der Waals surface area contributed by atoms with Crippen molar-refractivity contribution in [1.29, 1.82) is 0 Å². The lowest BCUT2D eigenvalue weighted by Crippen LogP contribution is -2.22. The number of nitro groups is 1. The second-order valence-electron chi connectivity index (χ2n) is 7.33. The molecule has 0 fully saturated rings. The molecule has 0 saturated carbocycles. The highest BCUT2D eigenvalue weighted by Crippen LogP contribution is 2.36. The second kappa shape index (κ2) is 7.37. The van der Waals surface area contributed by atoms with Gasteiger partial charge in [0.25, 0.3) is 5.69 Å². The predicted octanol–water partition coefficient (Wildman–Crippen LogP) is 3.95. The van der Waals surface area contributed by atoms with E-state index in [4.69, 9.17) is 5.14 Å². The molecular formula is C20H23N3O4S. The first-order chi connectivity index (χ1) is 13.1. The fourth-order valence-electron chi connectivity index (χ4n) is 3.75. The summed E-state index contributed by atoms with van der Waals surface area (Å²) in [6.45, 7) is 6.44. The molecule has 3 rings (SSSR count). The fraction of sp³-hybridized carbons (Fsp3) is 0.300. The maximum Gasteiger partial charge on any atom is 0.289 e. The Morgan fingerprint density at radius 1 is 1.14 bits per heavy atom. The first-order valence-electron chi connectivity index (χ1n) is 8.95. The lowest BCUT2D eigenvalue weighted by atomic mass is 9.88. The molecule has 0 aliphatic rings. The number of para-hydroxylation sites is 1. The normalized spacial score (nSPS) is 13.2. The minimum absolute atomic E-state index is 0.0315. The number of hydrogen-bond acceptors (Lipinski definition) is 4. The number of nitrogens with two attached hydrogens (primary N) is 1. The van der Waals surface area contributed by atoms with Crippen LogP contribution in [0.4, 0.5) is 5.69 Å². The van der Waals surface area contributed by atoms with Gasteiger partial charge in [0.1, 0.15) is 0 Å². The van der Waals surface area contributed by atoms with E-state index in [1.165, 1.54) is 12.1 Å². The van der Waals surface area contributed by atoms with E-state index in [0.29, 0.717) is 12.1 Å². The number of benzene rings is 2. The Morgan fingerprint density at radius 3 is 2.43 bits per heavy atom. The van der Waals surface area contributed by atoms with Crippen LogP contribution in [0.15, 0.2) is 53.6 Å². The van der Waals surface area contributed by atoms with Gasteiger partial charge in [-0.05, 0) is 30.0 Å². The van der Waals surface area contributed by atoms with E-state index in [0.717, 1.165) is 16.5 Å². The summed E-state index contributed by atoms with van der Waals surface area (Å²) in [5.41, 5.74) is 2.04. The van der Waals surface area contributed by atoms with E-state index in [2.05, 4.69) is 4.57 Å². The molecule has 28 heavy (non-hydrogen) atoms. The molecule has 8 heteroatoms. The molecule has 0 bridgehead atoms. The summed E-state index contributed by atoms with van der Waals surface area (Å²) >= 11 is 0. The Kier molecular flexibility index (Phi) is 5.27. The minimum atomic E-state index is -4.27. The van der Waals surface area contributed by atoms with Crippen LogP contribution in [0.3, 0.4) is 0 Å². The lowest BCUT2D eigenvalue weighted by Gasteiger charge is -2.24. The molecule has 0 aliphatic heterocycles. The molecule has 0 aliphatic carbocycles. The smallest absolute Gasteiger partial charge is 0.289 e. The average molecular weight is 401 g/mol. The second-order valence-corrected chi connectivity index (χ2v) is 8.83. The van der Waals surface area contributed by atoms with Crippen molar-refractivity contribution in [2.45, 2.75) is 38.1 Å². The first-order valence-corrected chi connectivity index (χ1v) is 10.5. The molecule has 2 aromatic carbocycles. The summed E-state index contributed by atoms with van der Waals surface area (Å²) in [6.07, 6.45) is 2.02. The van der Waals surface area contributed by atoms with E-state index >= 15 is 0 Å². The van der Waals surface area contributed by atoms with Crippen LogP contribution in [0.2, 0.25) is 0 Å². The number of sulfonamides is 1. The van der Waals surface area contributed by atoms with E-state index in [1.807, 2.05) is 51.2 Å². The van der Waals surface area contributed by atoms with Crippen LogP contribution >= 0.6 is 0 Å². The van der Waals surface area contributed by atoms with Gasteiger partial charge in [-0.15, -0.1) is 0 Å². The van der Waals surface area contributed by atoms with Crippen LogP contribution in [-0.4, -0.2) is 17.9 Å². The van der Waals surface area contributed by atoms with Crippen LogP contribution in [0.25, 0.3) is 10.9 Å². The number of aromatic nitrogens is 1. The van der Waals surface area contributed by atoms with Gasteiger partial charge in [-0.1, -0.05) is 44.2 Å². The zero-order chi connectivity index (χ0) is 20.6. The van der Waals surface area contributed by atoms with Crippen LogP contribution in [0, 0.1) is 23.0 Å². The largest absolute Gasteiger partial charge is 0.347 e. The fourth-order valence-corrected chi connectivity index (χ4v) is 4.73. The van der Waals surface area contributed by atoms with Gasteiger partial charge < -0.3 is 4.57 Å². The summed E-state index contributed by atoms with van der Waals surface area (Å²) < 4.78 is 26.6. The van der Waals surface area contributed by atoms with E-state index < -0.39 is 25.5 Å². The van der Waals surface area contributed by atoms with E-state index in [-0.39, 0.29) is 11.8 Å². The molecule has 0 radical (unpaired) electrons. The molecule has 3 aromatic rings. The SMILES string of the molecule is Cc1cn(C[C@H](c2cccc([N+](=O)[O-])c2S(N)(=O)=O)C(C)C)c2ccccc12. The number of fused-ring (bicyclic) bond motifs is 1.